The van der Waals surface area contributed by atoms with Crippen molar-refractivity contribution in [2.24, 2.45) is 0 Å². The van der Waals surface area contributed by atoms with Gasteiger partial charge in [-0.05, 0) is 24.3 Å². The molecule has 2 aromatic rings. The van der Waals surface area contributed by atoms with E-state index in [1.54, 1.807) is 37.4 Å². The third-order valence-electron chi connectivity index (χ3n) is 4.05. The first-order chi connectivity index (χ1) is 11.5. The van der Waals surface area contributed by atoms with Gasteiger partial charge in [0.1, 0.15) is 12.1 Å². The van der Waals surface area contributed by atoms with Gasteiger partial charge in [-0.1, -0.05) is 0 Å². The maximum atomic E-state index is 13.0. The summed E-state index contributed by atoms with van der Waals surface area (Å²) in [6.45, 7) is 3.70. The molecule has 2 heterocycles. The van der Waals surface area contributed by atoms with Crippen LogP contribution in [0.5, 0.6) is 0 Å². The third-order valence-corrected chi connectivity index (χ3v) is 4.05. The fourth-order valence-corrected chi connectivity index (χ4v) is 2.71. The summed E-state index contributed by atoms with van der Waals surface area (Å²) in [6, 6.07) is 6.13. The number of nitrogens with zero attached hydrogens (tertiary/aromatic N) is 4. The molecule has 3 rings (SSSR count). The van der Waals surface area contributed by atoms with Crippen molar-refractivity contribution >= 4 is 6.03 Å². The number of carbonyl (C=O) groups is 1. The molecule has 128 valence electrons. The molecular formula is C17H21FN4O2. The lowest BCUT2D eigenvalue weighted by atomic mass is 10.2. The summed E-state index contributed by atoms with van der Waals surface area (Å²) >= 11 is 0. The van der Waals surface area contributed by atoms with Crippen LogP contribution in [0, 0.1) is 5.82 Å². The number of benzene rings is 1. The van der Waals surface area contributed by atoms with Crippen LogP contribution in [0.2, 0.25) is 0 Å². The molecule has 0 atom stereocenters. The zero-order chi connectivity index (χ0) is 17.1. The van der Waals surface area contributed by atoms with Crippen LogP contribution in [0.3, 0.4) is 0 Å². The summed E-state index contributed by atoms with van der Waals surface area (Å²) in [4.78, 5) is 22.1. The van der Waals surface area contributed by atoms with Crippen LogP contribution in [0.1, 0.15) is 5.69 Å². The summed E-state index contributed by atoms with van der Waals surface area (Å²) in [7, 11) is 3.53. The predicted octanol–water partition coefficient (Wildman–Crippen LogP) is 2.28. The topological polar surface area (TPSA) is 52.8 Å². The SMILES string of the molecule is CN(C)C(=O)N1CCN(Cc2coc(-c3ccc(F)cc3)n2)CC1. The van der Waals surface area contributed by atoms with E-state index in [9.17, 15) is 9.18 Å². The molecular weight excluding hydrogens is 311 g/mol. The molecule has 0 spiro atoms. The monoisotopic (exact) mass is 332 g/mol. The largest absolute Gasteiger partial charge is 0.444 e. The number of rotatable bonds is 3. The van der Waals surface area contributed by atoms with Gasteiger partial charge >= 0.3 is 6.03 Å². The van der Waals surface area contributed by atoms with E-state index in [2.05, 4.69) is 9.88 Å². The molecule has 0 unspecified atom stereocenters. The van der Waals surface area contributed by atoms with E-state index in [0.717, 1.165) is 24.3 Å². The maximum absolute atomic E-state index is 13.0. The predicted molar refractivity (Wildman–Crippen MR) is 87.8 cm³/mol. The second-order valence-corrected chi connectivity index (χ2v) is 6.09. The highest BCUT2D eigenvalue weighted by Crippen LogP contribution is 2.20. The zero-order valence-electron chi connectivity index (χ0n) is 13.9. The number of halogens is 1. The Bertz CT molecular complexity index is 691. The van der Waals surface area contributed by atoms with Gasteiger partial charge in [-0.2, -0.15) is 0 Å². The van der Waals surface area contributed by atoms with Crippen molar-refractivity contribution in [3.8, 4) is 11.5 Å². The van der Waals surface area contributed by atoms with Gasteiger partial charge in [-0.15, -0.1) is 0 Å². The van der Waals surface area contributed by atoms with E-state index in [0.29, 0.717) is 25.5 Å². The van der Waals surface area contributed by atoms with Gasteiger partial charge in [-0.3, -0.25) is 4.90 Å². The van der Waals surface area contributed by atoms with Crippen molar-refractivity contribution in [1.29, 1.82) is 0 Å². The molecule has 6 nitrogen and oxygen atoms in total. The molecule has 7 heteroatoms. The number of hydrogen-bond donors (Lipinski definition) is 0. The average Bonchev–Trinajstić information content (AvgIpc) is 3.04. The van der Waals surface area contributed by atoms with E-state index in [4.69, 9.17) is 4.42 Å². The minimum atomic E-state index is -0.282. The molecule has 1 aliphatic rings. The summed E-state index contributed by atoms with van der Waals surface area (Å²) in [6.07, 6.45) is 1.63. The Hall–Kier alpha value is -2.41. The quantitative estimate of drug-likeness (QED) is 0.865. The molecule has 2 amide bonds. The number of oxazole rings is 1. The van der Waals surface area contributed by atoms with Crippen molar-refractivity contribution in [1.82, 2.24) is 19.7 Å². The van der Waals surface area contributed by atoms with Crippen LogP contribution < -0.4 is 0 Å². The van der Waals surface area contributed by atoms with Gasteiger partial charge in [0.05, 0.1) is 5.69 Å². The summed E-state index contributed by atoms with van der Waals surface area (Å²) in [5.41, 5.74) is 1.59. The number of aromatic nitrogens is 1. The Morgan fingerprint density at radius 3 is 2.50 bits per heavy atom. The Morgan fingerprint density at radius 1 is 1.21 bits per heavy atom. The highest BCUT2D eigenvalue weighted by Gasteiger charge is 2.22. The highest BCUT2D eigenvalue weighted by atomic mass is 19.1. The van der Waals surface area contributed by atoms with Gasteiger partial charge in [0.15, 0.2) is 0 Å². The fourth-order valence-electron chi connectivity index (χ4n) is 2.71. The Morgan fingerprint density at radius 2 is 1.88 bits per heavy atom. The van der Waals surface area contributed by atoms with E-state index in [1.807, 2.05) is 4.90 Å². The summed E-state index contributed by atoms with van der Waals surface area (Å²) < 4.78 is 18.5. The minimum absolute atomic E-state index is 0.0506. The van der Waals surface area contributed by atoms with Gasteiger partial charge in [0.2, 0.25) is 5.89 Å². The van der Waals surface area contributed by atoms with Crippen molar-refractivity contribution in [3.63, 3.8) is 0 Å². The van der Waals surface area contributed by atoms with Crippen LogP contribution in [-0.2, 0) is 6.54 Å². The van der Waals surface area contributed by atoms with E-state index >= 15 is 0 Å². The zero-order valence-corrected chi connectivity index (χ0v) is 13.9. The molecule has 0 aliphatic carbocycles. The number of carbonyl (C=O) groups excluding carboxylic acids is 1. The van der Waals surface area contributed by atoms with Crippen molar-refractivity contribution < 1.29 is 13.6 Å². The van der Waals surface area contributed by atoms with Crippen LogP contribution in [0.15, 0.2) is 34.9 Å². The first-order valence-corrected chi connectivity index (χ1v) is 7.92. The molecule has 0 bridgehead atoms. The Balaban J connectivity index is 1.56. The minimum Gasteiger partial charge on any atom is -0.444 e. The van der Waals surface area contributed by atoms with Crippen LogP contribution in [0.25, 0.3) is 11.5 Å². The highest BCUT2D eigenvalue weighted by molar-refractivity contribution is 5.73. The molecule has 1 fully saturated rings. The number of piperazine rings is 1. The average molecular weight is 332 g/mol. The lowest BCUT2D eigenvalue weighted by Crippen LogP contribution is -2.51. The van der Waals surface area contributed by atoms with E-state index < -0.39 is 0 Å². The van der Waals surface area contributed by atoms with Gasteiger partial charge in [-0.25, -0.2) is 14.2 Å². The van der Waals surface area contributed by atoms with Crippen LogP contribution in [0.4, 0.5) is 9.18 Å². The van der Waals surface area contributed by atoms with E-state index in [-0.39, 0.29) is 11.8 Å². The van der Waals surface area contributed by atoms with E-state index in [1.165, 1.54) is 12.1 Å². The maximum Gasteiger partial charge on any atom is 0.319 e. The van der Waals surface area contributed by atoms with Crippen LogP contribution >= 0.6 is 0 Å². The lowest BCUT2D eigenvalue weighted by Gasteiger charge is -2.35. The molecule has 24 heavy (non-hydrogen) atoms. The molecule has 0 radical (unpaired) electrons. The number of amides is 2. The molecule has 1 aromatic heterocycles. The molecule has 0 N–H and O–H groups in total. The summed E-state index contributed by atoms with van der Waals surface area (Å²) in [5.74, 6) is 0.210. The van der Waals surface area contributed by atoms with Gasteiger partial charge in [0.25, 0.3) is 0 Å². The first kappa shape index (κ1) is 16.4. The number of urea groups is 1. The van der Waals surface area contributed by atoms with Crippen molar-refractivity contribution in [2.75, 3.05) is 40.3 Å². The second kappa shape index (κ2) is 7.00. The first-order valence-electron chi connectivity index (χ1n) is 7.92. The van der Waals surface area contributed by atoms with Gasteiger partial charge < -0.3 is 14.2 Å². The Kier molecular flexibility index (Phi) is 4.80. The van der Waals surface area contributed by atoms with Crippen molar-refractivity contribution in [2.45, 2.75) is 6.54 Å². The third kappa shape index (κ3) is 3.73. The second-order valence-electron chi connectivity index (χ2n) is 6.09. The molecule has 1 aliphatic heterocycles. The van der Waals surface area contributed by atoms with Crippen molar-refractivity contribution in [3.05, 3.63) is 42.0 Å². The smallest absolute Gasteiger partial charge is 0.319 e. The molecule has 1 saturated heterocycles. The summed E-state index contributed by atoms with van der Waals surface area (Å²) in [5, 5.41) is 0. The van der Waals surface area contributed by atoms with Crippen LogP contribution in [-0.4, -0.2) is 66.0 Å². The molecule has 0 saturated carbocycles. The lowest BCUT2D eigenvalue weighted by molar-refractivity contribution is 0.119. The standard InChI is InChI=1S/C17H21FN4O2/c1-20(2)17(23)22-9-7-21(8-10-22)11-15-12-24-16(19-15)13-3-5-14(18)6-4-13/h3-6,12H,7-11H2,1-2H3. The van der Waals surface area contributed by atoms with Gasteiger partial charge in [0, 0.05) is 52.4 Å². The Labute approximate surface area is 140 Å². The number of hydrogen-bond acceptors (Lipinski definition) is 4. The fraction of sp³-hybridized carbons (Fsp3) is 0.412. The molecule has 1 aromatic carbocycles. The normalized spacial score (nSPS) is 15.5.